The Morgan fingerprint density at radius 3 is 2.47 bits per heavy atom. The Balaban J connectivity index is 2.34. The van der Waals surface area contributed by atoms with Gasteiger partial charge in [0.1, 0.15) is 5.60 Å². The number of carbonyl (C=O) groups excluding carboxylic acids is 1. The molecule has 15 heavy (non-hydrogen) atoms. The molecule has 0 heterocycles. The lowest BCUT2D eigenvalue weighted by molar-refractivity contribution is 0.0502. The number of amides is 1. The van der Waals surface area contributed by atoms with Gasteiger partial charge in [-0.3, -0.25) is 0 Å². The molecule has 0 radical (unpaired) electrons. The summed E-state index contributed by atoms with van der Waals surface area (Å²) in [6.45, 7) is 5.45. The van der Waals surface area contributed by atoms with Gasteiger partial charge in [0.25, 0.3) is 0 Å². The molecule has 88 valence electrons. The number of aliphatic hydroxyl groups excluding tert-OH is 1. The summed E-state index contributed by atoms with van der Waals surface area (Å²) >= 11 is 4.21. The highest BCUT2D eigenvalue weighted by Crippen LogP contribution is 2.24. The Kier molecular flexibility index (Phi) is 3.89. The molecule has 0 aliphatic heterocycles. The zero-order valence-electron chi connectivity index (χ0n) is 9.36. The highest BCUT2D eigenvalue weighted by atomic mass is 32.1. The van der Waals surface area contributed by atoms with Crippen molar-refractivity contribution >= 4 is 18.7 Å². The van der Waals surface area contributed by atoms with Crippen LogP contribution < -0.4 is 5.32 Å². The zero-order valence-corrected chi connectivity index (χ0v) is 10.3. The average Bonchev–Trinajstić information content (AvgIpc) is 2.26. The summed E-state index contributed by atoms with van der Waals surface area (Å²) in [6, 6.07) is -0.0302. The minimum atomic E-state index is -0.484. The number of hydrogen-bond acceptors (Lipinski definition) is 4. The Morgan fingerprint density at radius 1 is 1.47 bits per heavy atom. The second kappa shape index (κ2) is 4.61. The largest absolute Gasteiger partial charge is 0.444 e. The molecule has 1 saturated carbocycles. The Morgan fingerprint density at radius 2 is 2.07 bits per heavy atom. The number of ether oxygens (including phenoxy) is 1. The maximum Gasteiger partial charge on any atom is 0.407 e. The number of thiol groups is 1. The normalized spacial score (nSPS) is 31.4. The second-order valence-corrected chi connectivity index (χ2v) is 5.61. The topological polar surface area (TPSA) is 58.6 Å². The van der Waals surface area contributed by atoms with Gasteiger partial charge in [-0.15, -0.1) is 0 Å². The number of alkyl carbamates (subject to hydrolysis) is 1. The Bertz CT molecular complexity index is 229. The molecule has 4 nitrogen and oxygen atoms in total. The Labute approximate surface area is 95.8 Å². The van der Waals surface area contributed by atoms with Crippen LogP contribution in [-0.2, 0) is 4.74 Å². The van der Waals surface area contributed by atoms with E-state index in [0.29, 0.717) is 12.8 Å². The van der Waals surface area contributed by atoms with Gasteiger partial charge in [-0.05, 0) is 33.6 Å². The van der Waals surface area contributed by atoms with Crippen LogP contribution in [0.3, 0.4) is 0 Å². The van der Waals surface area contributed by atoms with Gasteiger partial charge in [-0.2, -0.15) is 12.6 Å². The van der Waals surface area contributed by atoms with E-state index in [1.165, 1.54) is 0 Å². The van der Waals surface area contributed by atoms with E-state index in [-0.39, 0.29) is 11.3 Å². The van der Waals surface area contributed by atoms with Gasteiger partial charge in [0.2, 0.25) is 0 Å². The number of rotatable bonds is 1. The molecule has 1 fully saturated rings. The molecule has 1 aliphatic carbocycles. The maximum atomic E-state index is 11.4. The van der Waals surface area contributed by atoms with Crippen LogP contribution in [0.1, 0.15) is 33.6 Å². The third-order valence-electron chi connectivity index (χ3n) is 2.22. The van der Waals surface area contributed by atoms with Gasteiger partial charge in [0, 0.05) is 11.3 Å². The van der Waals surface area contributed by atoms with Crippen molar-refractivity contribution < 1.29 is 14.6 Å². The molecule has 0 spiro atoms. The van der Waals surface area contributed by atoms with E-state index in [9.17, 15) is 9.90 Å². The highest BCUT2D eigenvalue weighted by molar-refractivity contribution is 7.81. The minimum absolute atomic E-state index is 0.0302. The molecular formula is C10H19NO3S. The van der Waals surface area contributed by atoms with Gasteiger partial charge >= 0.3 is 6.09 Å². The average molecular weight is 233 g/mol. The van der Waals surface area contributed by atoms with Crippen LogP contribution in [0.5, 0.6) is 0 Å². The lowest BCUT2D eigenvalue weighted by Gasteiger charge is -2.21. The van der Waals surface area contributed by atoms with Gasteiger partial charge < -0.3 is 15.2 Å². The molecule has 0 bridgehead atoms. The zero-order chi connectivity index (χ0) is 11.6. The summed E-state index contributed by atoms with van der Waals surface area (Å²) in [7, 11) is 0. The summed E-state index contributed by atoms with van der Waals surface area (Å²) in [6.07, 6.45) is 0.368. The minimum Gasteiger partial charge on any atom is -0.444 e. The van der Waals surface area contributed by atoms with Crippen molar-refractivity contribution in [3.05, 3.63) is 0 Å². The monoisotopic (exact) mass is 233 g/mol. The van der Waals surface area contributed by atoms with Gasteiger partial charge in [0.15, 0.2) is 0 Å². The molecular weight excluding hydrogens is 214 g/mol. The predicted octanol–water partition coefficient (Wildman–Crippen LogP) is 1.33. The molecule has 1 rings (SSSR count). The molecule has 3 atom stereocenters. The molecule has 1 aliphatic rings. The van der Waals surface area contributed by atoms with Crippen molar-refractivity contribution in [1.29, 1.82) is 0 Å². The Hall–Kier alpha value is -0.420. The van der Waals surface area contributed by atoms with Crippen LogP contribution in [0.2, 0.25) is 0 Å². The number of carbonyl (C=O) groups is 1. The maximum absolute atomic E-state index is 11.4. The predicted molar refractivity (Wildman–Crippen MR) is 61.2 cm³/mol. The van der Waals surface area contributed by atoms with Gasteiger partial charge in [-0.1, -0.05) is 0 Å². The number of aliphatic hydroxyl groups is 1. The summed E-state index contributed by atoms with van der Waals surface area (Å²) in [5.74, 6) is 0. The van der Waals surface area contributed by atoms with Crippen LogP contribution in [0.4, 0.5) is 4.79 Å². The highest BCUT2D eigenvalue weighted by Gasteiger charge is 2.32. The molecule has 2 N–H and O–H groups in total. The van der Waals surface area contributed by atoms with Crippen molar-refractivity contribution in [2.75, 3.05) is 0 Å². The number of hydrogen-bond donors (Lipinski definition) is 3. The summed E-state index contributed by atoms with van der Waals surface area (Å²) in [5.41, 5.74) is -0.484. The fourth-order valence-electron chi connectivity index (χ4n) is 1.59. The van der Waals surface area contributed by atoms with E-state index in [2.05, 4.69) is 17.9 Å². The molecule has 0 aromatic heterocycles. The first-order chi connectivity index (χ1) is 6.78. The lowest BCUT2D eigenvalue weighted by atomic mass is 10.2. The van der Waals surface area contributed by atoms with E-state index in [4.69, 9.17) is 4.74 Å². The van der Waals surface area contributed by atoms with E-state index in [1.807, 2.05) is 20.8 Å². The fraction of sp³-hybridized carbons (Fsp3) is 0.900. The van der Waals surface area contributed by atoms with Gasteiger partial charge in [-0.25, -0.2) is 4.79 Å². The number of nitrogens with one attached hydrogen (secondary N) is 1. The van der Waals surface area contributed by atoms with E-state index in [1.54, 1.807) is 0 Å². The molecule has 0 unspecified atom stereocenters. The second-order valence-electron chi connectivity index (χ2n) is 4.95. The van der Waals surface area contributed by atoms with Crippen LogP contribution in [0.25, 0.3) is 0 Å². The van der Waals surface area contributed by atoms with Crippen LogP contribution in [-0.4, -0.2) is 34.2 Å². The van der Waals surface area contributed by atoms with Crippen molar-refractivity contribution in [1.82, 2.24) is 5.32 Å². The van der Waals surface area contributed by atoms with Crippen molar-refractivity contribution in [3.8, 4) is 0 Å². The molecule has 0 saturated heterocycles. The van der Waals surface area contributed by atoms with Crippen LogP contribution in [0, 0.1) is 0 Å². The molecule has 1 amide bonds. The third-order valence-corrected chi connectivity index (χ3v) is 2.77. The van der Waals surface area contributed by atoms with E-state index < -0.39 is 17.8 Å². The van der Waals surface area contributed by atoms with Crippen LogP contribution in [0.15, 0.2) is 0 Å². The first kappa shape index (κ1) is 12.6. The fourth-order valence-corrected chi connectivity index (χ4v) is 1.96. The molecule has 0 aromatic rings. The van der Waals surface area contributed by atoms with Gasteiger partial charge in [0.05, 0.1) is 6.10 Å². The first-order valence-electron chi connectivity index (χ1n) is 5.13. The summed E-state index contributed by atoms with van der Waals surface area (Å²) < 4.78 is 5.11. The summed E-state index contributed by atoms with van der Waals surface area (Å²) in [5, 5.41) is 12.1. The molecule has 0 aromatic carbocycles. The van der Waals surface area contributed by atoms with Crippen molar-refractivity contribution in [3.63, 3.8) is 0 Å². The van der Waals surface area contributed by atoms with E-state index >= 15 is 0 Å². The third kappa shape index (κ3) is 4.30. The van der Waals surface area contributed by atoms with E-state index in [0.717, 1.165) is 0 Å². The smallest absolute Gasteiger partial charge is 0.407 e. The van der Waals surface area contributed by atoms with Crippen molar-refractivity contribution in [2.24, 2.45) is 0 Å². The first-order valence-corrected chi connectivity index (χ1v) is 5.65. The lowest BCUT2D eigenvalue weighted by Crippen LogP contribution is -2.38. The molecule has 5 heteroatoms. The quantitative estimate of drug-likeness (QED) is 0.599. The standard InChI is InChI=1S/C10H19NO3S/c1-10(2,3)14-9(13)11-6-4-7(12)8(15)5-6/h6-8,12,15H,4-5H2,1-3H3,(H,11,13)/t6-,7+,8+/m1/s1. The van der Waals surface area contributed by atoms with Crippen LogP contribution >= 0.6 is 12.6 Å². The summed E-state index contributed by atoms with van der Waals surface area (Å²) in [4.78, 5) is 11.4. The SMILES string of the molecule is CC(C)(C)OC(=O)N[C@@H]1C[C@H](O)[C@@H](S)C1. The van der Waals surface area contributed by atoms with Crippen molar-refractivity contribution in [2.45, 2.75) is 56.6 Å².